The van der Waals surface area contributed by atoms with Crippen molar-refractivity contribution in [2.45, 2.75) is 13.0 Å². The fourth-order valence-corrected chi connectivity index (χ4v) is 1.08. The van der Waals surface area contributed by atoms with Crippen molar-refractivity contribution >= 4 is 5.69 Å². The molecule has 0 saturated heterocycles. The zero-order valence-corrected chi connectivity index (χ0v) is 7.91. The molecule has 1 atom stereocenters. The smallest absolute Gasteiger partial charge is 0.0361 e. The number of nitrogens with two attached hydrogens (primary N) is 1. The van der Waals surface area contributed by atoms with E-state index in [0.29, 0.717) is 0 Å². The highest BCUT2D eigenvalue weighted by Gasteiger charge is 1.99. The van der Waals surface area contributed by atoms with Gasteiger partial charge in [0.2, 0.25) is 0 Å². The number of hydrogen-bond acceptors (Lipinski definition) is 2. The van der Waals surface area contributed by atoms with E-state index in [1.807, 2.05) is 21.0 Å². The molecule has 1 aromatic rings. The van der Waals surface area contributed by atoms with Crippen molar-refractivity contribution in [1.29, 1.82) is 0 Å². The largest absolute Gasteiger partial charge is 0.378 e. The summed E-state index contributed by atoms with van der Waals surface area (Å²) in [6.45, 7) is 1.99. The Labute approximate surface area is 74.0 Å². The minimum absolute atomic E-state index is 0.126. The molecule has 0 aromatic heterocycles. The quantitative estimate of drug-likeness (QED) is 0.721. The average molecular weight is 164 g/mol. The van der Waals surface area contributed by atoms with Gasteiger partial charge in [-0.3, -0.25) is 0 Å². The lowest BCUT2D eigenvalue weighted by Gasteiger charge is -2.13. The summed E-state index contributed by atoms with van der Waals surface area (Å²) in [7, 11) is 4.06. The number of benzene rings is 1. The molecule has 0 unspecified atom stereocenters. The molecular weight excluding hydrogens is 148 g/mol. The van der Waals surface area contributed by atoms with E-state index in [0.717, 1.165) is 0 Å². The summed E-state index contributed by atoms with van der Waals surface area (Å²) in [5.41, 5.74) is 8.12. The van der Waals surface area contributed by atoms with Crippen LogP contribution in [0.2, 0.25) is 0 Å². The maximum Gasteiger partial charge on any atom is 0.0361 e. The normalized spacial score (nSPS) is 12.7. The zero-order chi connectivity index (χ0) is 9.14. The molecule has 0 aliphatic rings. The van der Waals surface area contributed by atoms with Gasteiger partial charge in [0, 0.05) is 25.8 Å². The van der Waals surface area contributed by atoms with Crippen LogP contribution in [0.3, 0.4) is 0 Å². The van der Waals surface area contributed by atoms with Crippen molar-refractivity contribution in [3.05, 3.63) is 29.8 Å². The second-order valence-electron chi connectivity index (χ2n) is 3.27. The summed E-state index contributed by atoms with van der Waals surface area (Å²) >= 11 is 0. The van der Waals surface area contributed by atoms with Gasteiger partial charge < -0.3 is 10.6 Å². The first kappa shape index (κ1) is 9.07. The van der Waals surface area contributed by atoms with Crippen molar-refractivity contribution < 1.29 is 0 Å². The van der Waals surface area contributed by atoms with Gasteiger partial charge in [0.25, 0.3) is 0 Å². The fourth-order valence-electron chi connectivity index (χ4n) is 1.08. The summed E-state index contributed by atoms with van der Waals surface area (Å²) in [6, 6.07) is 8.43. The molecule has 12 heavy (non-hydrogen) atoms. The van der Waals surface area contributed by atoms with Crippen LogP contribution in [0.25, 0.3) is 0 Å². The molecule has 0 radical (unpaired) electrons. The molecule has 0 aliphatic heterocycles. The number of nitrogens with zero attached hydrogens (tertiary/aromatic N) is 1. The lowest BCUT2D eigenvalue weighted by molar-refractivity contribution is 0.818. The van der Waals surface area contributed by atoms with Gasteiger partial charge in [0.15, 0.2) is 0 Å². The Kier molecular flexibility index (Phi) is 2.71. The first-order chi connectivity index (χ1) is 5.61. The molecule has 2 nitrogen and oxygen atoms in total. The maximum atomic E-state index is 5.73. The van der Waals surface area contributed by atoms with Crippen LogP contribution in [-0.4, -0.2) is 14.1 Å². The van der Waals surface area contributed by atoms with Crippen molar-refractivity contribution in [3.8, 4) is 0 Å². The monoisotopic (exact) mass is 164 g/mol. The Morgan fingerprint density at radius 3 is 2.00 bits per heavy atom. The minimum atomic E-state index is 0.126. The lowest BCUT2D eigenvalue weighted by atomic mass is 10.1. The van der Waals surface area contributed by atoms with Crippen molar-refractivity contribution in [1.82, 2.24) is 0 Å². The third kappa shape index (κ3) is 1.98. The maximum absolute atomic E-state index is 5.73. The van der Waals surface area contributed by atoms with Crippen LogP contribution in [0.1, 0.15) is 18.5 Å². The minimum Gasteiger partial charge on any atom is -0.378 e. The van der Waals surface area contributed by atoms with Crippen molar-refractivity contribution in [2.75, 3.05) is 19.0 Å². The highest BCUT2D eigenvalue weighted by atomic mass is 15.1. The molecule has 66 valence electrons. The Balaban J connectivity index is 2.86. The van der Waals surface area contributed by atoms with Crippen LogP contribution >= 0.6 is 0 Å². The summed E-state index contributed by atoms with van der Waals surface area (Å²) in [6.07, 6.45) is 0. The predicted molar refractivity (Wildman–Crippen MR) is 53.4 cm³/mol. The molecular formula is C10H16N2. The summed E-state index contributed by atoms with van der Waals surface area (Å²) in [5, 5.41) is 0. The molecule has 0 fully saturated rings. The molecule has 2 N–H and O–H groups in total. The number of rotatable bonds is 2. The topological polar surface area (TPSA) is 29.3 Å². The second-order valence-corrected chi connectivity index (χ2v) is 3.27. The van der Waals surface area contributed by atoms with E-state index in [-0.39, 0.29) is 6.04 Å². The van der Waals surface area contributed by atoms with E-state index in [4.69, 9.17) is 5.73 Å². The molecule has 1 rings (SSSR count). The van der Waals surface area contributed by atoms with E-state index in [9.17, 15) is 0 Å². The van der Waals surface area contributed by atoms with Crippen LogP contribution in [0.4, 0.5) is 5.69 Å². The van der Waals surface area contributed by atoms with E-state index in [2.05, 4.69) is 29.2 Å². The fraction of sp³-hybridized carbons (Fsp3) is 0.400. The Hall–Kier alpha value is -1.02. The summed E-state index contributed by atoms with van der Waals surface area (Å²) in [4.78, 5) is 2.07. The first-order valence-electron chi connectivity index (χ1n) is 4.14. The van der Waals surface area contributed by atoms with Gasteiger partial charge in [-0.2, -0.15) is 0 Å². The molecule has 1 aromatic carbocycles. The second kappa shape index (κ2) is 3.59. The van der Waals surface area contributed by atoms with Crippen LogP contribution < -0.4 is 10.6 Å². The Morgan fingerprint density at radius 2 is 1.67 bits per heavy atom. The predicted octanol–water partition coefficient (Wildman–Crippen LogP) is 1.77. The van der Waals surface area contributed by atoms with E-state index in [1.54, 1.807) is 0 Å². The van der Waals surface area contributed by atoms with Crippen LogP contribution in [0.5, 0.6) is 0 Å². The molecule has 2 heteroatoms. The molecule has 0 aliphatic carbocycles. The number of anilines is 1. The standard InChI is InChI=1S/C10H16N2/c1-8(11)9-4-6-10(7-5-9)12(2)3/h4-8H,11H2,1-3H3/t8-/m1/s1. The molecule has 0 saturated carbocycles. The van der Waals surface area contributed by atoms with Gasteiger partial charge in [-0.25, -0.2) is 0 Å². The van der Waals surface area contributed by atoms with Gasteiger partial charge in [-0.05, 0) is 24.6 Å². The van der Waals surface area contributed by atoms with Crippen molar-refractivity contribution in [3.63, 3.8) is 0 Å². The van der Waals surface area contributed by atoms with Gasteiger partial charge in [-0.15, -0.1) is 0 Å². The van der Waals surface area contributed by atoms with E-state index in [1.165, 1.54) is 11.3 Å². The molecule has 0 amide bonds. The Morgan fingerprint density at radius 1 is 1.17 bits per heavy atom. The van der Waals surface area contributed by atoms with E-state index >= 15 is 0 Å². The lowest BCUT2D eigenvalue weighted by Crippen LogP contribution is -2.09. The summed E-state index contributed by atoms with van der Waals surface area (Å²) < 4.78 is 0. The number of hydrogen-bond donors (Lipinski definition) is 1. The zero-order valence-electron chi connectivity index (χ0n) is 7.91. The molecule has 0 heterocycles. The highest BCUT2D eigenvalue weighted by Crippen LogP contribution is 2.15. The van der Waals surface area contributed by atoms with Crippen LogP contribution in [-0.2, 0) is 0 Å². The average Bonchev–Trinajstić information content (AvgIpc) is 2.04. The third-order valence-electron chi connectivity index (χ3n) is 1.94. The van der Waals surface area contributed by atoms with Crippen LogP contribution in [0.15, 0.2) is 24.3 Å². The van der Waals surface area contributed by atoms with Crippen LogP contribution in [0, 0.1) is 0 Å². The molecule has 0 spiro atoms. The molecule has 0 bridgehead atoms. The Bertz CT molecular complexity index is 210. The first-order valence-corrected chi connectivity index (χ1v) is 4.14. The third-order valence-corrected chi connectivity index (χ3v) is 1.94. The van der Waals surface area contributed by atoms with Gasteiger partial charge >= 0.3 is 0 Å². The van der Waals surface area contributed by atoms with Crippen molar-refractivity contribution in [2.24, 2.45) is 5.73 Å². The van der Waals surface area contributed by atoms with Gasteiger partial charge in [-0.1, -0.05) is 12.1 Å². The van der Waals surface area contributed by atoms with Gasteiger partial charge in [0.1, 0.15) is 0 Å². The SMILES string of the molecule is C[C@@H](N)c1ccc(N(C)C)cc1. The summed E-state index contributed by atoms with van der Waals surface area (Å²) in [5.74, 6) is 0. The highest BCUT2D eigenvalue weighted by molar-refractivity contribution is 5.46. The van der Waals surface area contributed by atoms with Gasteiger partial charge in [0.05, 0.1) is 0 Å². The van der Waals surface area contributed by atoms with E-state index < -0.39 is 0 Å².